The number of nitrogens with one attached hydrogen (secondary N) is 1. The Morgan fingerprint density at radius 1 is 1.50 bits per heavy atom. The molecular formula is C14H14N4OS. The molecule has 0 bridgehead atoms. The number of benzene rings is 1. The number of nitrogens with two attached hydrogens (primary N) is 1. The smallest absolute Gasteiger partial charge is 0.239 e. The molecule has 3 aromatic rings. The van der Waals surface area contributed by atoms with Gasteiger partial charge in [-0.2, -0.15) is 0 Å². The Balaban J connectivity index is 2.01. The Kier molecular flexibility index (Phi) is 3.25. The minimum atomic E-state index is -0.212. The molecule has 102 valence electrons. The maximum Gasteiger partial charge on any atom is 0.239 e. The monoisotopic (exact) mass is 286 g/mol. The number of amides is 1. The van der Waals surface area contributed by atoms with Gasteiger partial charge in [-0.25, -0.2) is 10.8 Å². The number of fused-ring (bicyclic) bond motifs is 1. The van der Waals surface area contributed by atoms with Crippen LogP contribution in [0.3, 0.4) is 0 Å². The molecule has 2 aromatic heterocycles. The van der Waals surface area contributed by atoms with Gasteiger partial charge in [0, 0.05) is 22.8 Å². The average molecular weight is 286 g/mol. The second-order valence-electron chi connectivity index (χ2n) is 4.62. The molecule has 0 aliphatic carbocycles. The van der Waals surface area contributed by atoms with Crippen molar-refractivity contribution in [1.82, 2.24) is 14.8 Å². The molecule has 0 atom stereocenters. The zero-order chi connectivity index (χ0) is 14.1. The summed E-state index contributed by atoms with van der Waals surface area (Å²) in [7, 11) is 0. The van der Waals surface area contributed by atoms with E-state index in [0.717, 1.165) is 21.9 Å². The molecule has 1 amide bonds. The summed E-state index contributed by atoms with van der Waals surface area (Å²) in [6.45, 7) is 2.05. The van der Waals surface area contributed by atoms with Crippen LogP contribution in [0.25, 0.3) is 16.2 Å². The summed E-state index contributed by atoms with van der Waals surface area (Å²) in [6, 6.07) is 8.20. The van der Waals surface area contributed by atoms with Crippen LogP contribution in [0.1, 0.15) is 11.3 Å². The van der Waals surface area contributed by atoms with E-state index in [4.69, 9.17) is 5.84 Å². The van der Waals surface area contributed by atoms with Crippen molar-refractivity contribution >= 4 is 22.2 Å². The molecule has 1 aromatic carbocycles. The third kappa shape index (κ3) is 2.31. The van der Waals surface area contributed by atoms with E-state index >= 15 is 0 Å². The third-order valence-electron chi connectivity index (χ3n) is 3.10. The molecule has 0 saturated carbocycles. The van der Waals surface area contributed by atoms with E-state index in [9.17, 15) is 4.79 Å². The first kappa shape index (κ1) is 12.8. The largest absolute Gasteiger partial charge is 0.294 e. The number of imidazole rings is 1. The molecule has 3 N–H and O–H groups in total. The maximum absolute atomic E-state index is 11.4. The number of hydrazine groups is 1. The van der Waals surface area contributed by atoms with Crippen LogP contribution in [0, 0.1) is 6.92 Å². The van der Waals surface area contributed by atoms with E-state index < -0.39 is 0 Å². The number of carbonyl (C=O) groups excluding carboxylic acids is 1. The molecule has 0 aliphatic rings. The fourth-order valence-electron chi connectivity index (χ4n) is 2.12. The summed E-state index contributed by atoms with van der Waals surface area (Å²) < 4.78 is 1.94. The van der Waals surface area contributed by atoms with Gasteiger partial charge in [-0.3, -0.25) is 14.6 Å². The second kappa shape index (κ2) is 5.07. The Hall–Kier alpha value is -2.18. The number of aromatic nitrogens is 2. The van der Waals surface area contributed by atoms with Crippen molar-refractivity contribution in [3.63, 3.8) is 0 Å². The molecule has 0 unspecified atom stereocenters. The summed E-state index contributed by atoms with van der Waals surface area (Å²) in [6.07, 6.45) is 2.21. The molecule has 0 radical (unpaired) electrons. The fourth-order valence-corrected chi connectivity index (χ4v) is 2.99. The molecule has 5 nitrogen and oxygen atoms in total. The van der Waals surface area contributed by atoms with Crippen LogP contribution in [-0.4, -0.2) is 15.3 Å². The van der Waals surface area contributed by atoms with E-state index in [0.29, 0.717) is 0 Å². The standard InChI is InChI=1S/C14H14N4OS/c1-9-3-2-4-10(5-9)12-7-18-11(6-13(19)17-15)8-20-14(18)16-12/h2-5,7-8H,6,15H2,1H3,(H,17,19). The molecule has 6 heteroatoms. The number of carbonyl (C=O) groups is 1. The van der Waals surface area contributed by atoms with Crippen LogP contribution in [0.5, 0.6) is 0 Å². The molecule has 0 saturated heterocycles. The predicted molar refractivity (Wildman–Crippen MR) is 79.3 cm³/mol. The van der Waals surface area contributed by atoms with Gasteiger partial charge in [-0.1, -0.05) is 23.8 Å². The normalized spacial score (nSPS) is 10.9. The lowest BCUT2D eigenvalue weighted by Crippen LogP contribution is -2.31. The lowest BCUT2D eigenvalue weighted by Gasteiger charge is -1.99. The first-order valence-electron chi connectivity index (χ1n) is 6.19. The molecule has 0 aliphatic heterocycles. The molecule has 20 heavy (non-hydrogen) atoms. The first-order valence-corrected chi connectivity index (χ1v) is 7.07. The van der Waals surface area contributed by atoms with Gasteiger partial charge >= 0.3 is 0 Å². The van der Waals surface area contributed by atoms with Crippen LogP contribution >= 0.6 is 11.3 Å². The van der Waals surface area contributed by atoms with Crippen LogP contribution < -0.4 is 11.3 Å². The van der Waals surface area contributed by atoms with Crippen LogP contribution in [-0.2, 0) is 11.2 Å². The zero-order valence-corrected chi connectivity index (χ0v) is 11.8. The minimum Gasteiger partial charge on any atom is -0.294 e. The van der Waals surface area contributed by atoms with Crippen LogP contribution in [0.2, 0.25) is 0 Å². The van der Waals surface area contributed by atoms with Gasteiger partial charge in [0.2, 0.25) is 5.91 Å². The lowest BCUT2D eigenvalue weighted by molar-refractivity contribution is -0.120. The van der Waals surface area contributed by atoms with Crippen LogP contribution in [0.15, 0.2) is 35.8 Å². The van der Waals surface area contributed by atoms with Crippen molar-refractivity contribution in [3.05, 3.63) is 47.1 Å². The SMILES string of the molecule is Cc1cccc(-c2cn3c(CC(=O)NN)csc3n2)c1. The van der Waals surface area contributed by atoms with Gasteiger partial charge < -0.3 is 0 Å². The van der Waals surface area contributed by atoms with Crippen molar-refractivity contribution < 1.29 is 4.79 Å². The van der Waals surface area contributed by atoms with Gasteiger partial charge in [0.1, 0.15) is 0 Å². The minimum absolute atomic E-state index is 0.212. The number of hydrogen-bond acceptors (Lipinski definition) is 4. The highest BCUT2D eigenvalue weighted by Crippen LogP contribution is 2.24. The summed E-state index contributed by atoms with van der Waals surface area (Å²) in [5, 5.41) is 1.93. The molecule has 3 rings (SSSR count). The summed E-state index contributed by atoms with van der Waals surface area (Å²) >= 11 is 1.52. The number of nitrogens with zero attached hydrogens (tertiary/aromatic N) is 2. The maximum atomic E-state index is 11.4. The topological polar surface area (TPSA) is 72.4 Å². The predicted octanol–water partition coefficient (Wildman–Crippen LogP) is 1.90. The highest BCUT2D eigenvalue weighted by atomic mass is 32.1. The van der Waals surface area contributed by atoms with Crippen molar-refractivity contribution in [2.75, 3.05) is 0 Å². The van der Waals surface area contributed by atoms with E-state index in [1.54, 1.807) is 0 Å². The number of aryl methyl sites for hydroxylation is 1. The van der Waals surface area contributed by atoms with Gasteiger partial charge in [0.05, 0.1) is 12.1 Å². The van der Waals surface area contributed by atoms with Gasteiger partial charge in [0.15, 0.2) is 4.96 Å². The first-order chi connectivity index (χ1) is 9.67. The number of rotatable bonds is 3. The molecule has 0 fully saturated rings. The Morgan fingerprint density at radius 2 is 2.35 bits per heavy atom. The van der Waals surface area contributed by atoms with Gasteiger partial charge in [0.25, 0.3) is 0 Å². The Morgan fingerprint density at radius 3 is 3.10 bits per heavy atom. The van der Waals surface area contributed by atoms with Crippen molar-refractivity contribution in [2.24, 2.45) is 5.84 Å². The quantitative estimate of drug-likeness (QED) is 0.439. The highest BCUT2D eigenvalue weighted by Gasteiger charge is 2.11. The van der Waals surface area contributed by atoms with Crippen LogP contribution in [0.4, 0.5) is 0 Å². The fraction of sp³-hybridized carbons (Fsp3) is 0.143. The van der Waals surface area contributed by atoms with E-state index in [2.05, 4.69) is 29.5 Å². The van der Waals surface area contributed by atoms with Crippen molar-refractivity contribution in [2.45, 2.75) is 13.3 Å². The second-order valence-corrected chi connectivity index (χ2v) is 5.46. The third-order valence-corrected chi connectivity index (χ3v) is 3.99. The van der Waals surface area contributed by atoms with Gasteiger partial charge in [-0.05, 0) is 13.0 Å². The summed E-state index contributed by atoms with van der Waals surface area (Å²) in [4.78, 5) is 16.9. The van der Waals surface area contributed by atoms with E-state index in [1.165, 1.54) is 16.9 Å². The van der Waals surface area contributed by atoms with E-state index in [1.807, 2.05) is 28.1 Å². The highest BCUT2D eigenvalue weighted by molar-refractivity contribution is 7.15. The molecular weight excluding hydrogens is 272 g/mol. The van der Waals surface area contributed by atoms with Crippen molar-refractivity contribution in [3.8, 4) is 11.3 Å². The summed E-state index contributed by atoms with van der Waals surface area (Å²) in [5.41, 5.74) is 6.22. The average Bonchev–Trinajstić information content (AvgIpc) is 3.00. The van der Waals surface area contributed by atoms with Gasteiger partial charge in [-0.15, -0.1) is 11.3 Å². The summed E-state index contributed by atoms with van der Waals surface area (Å²) in [5.74, 6) is 4.91. The Labute approximate surface area is 120 Å². The number of thiazole rings is 1. The van der Waals surface area contributed by atoms with Crippen molar-refractivity contribution in [1.29, 1.82) is 0 Å². The van der Waals surface area contributed by atoms with E-state index in [-0.39, 0.29) is 12.3 Å². The molecule has 0 spiro atoms. The molecule has 2 heterocycles. The lowest BCUT2D eigenvalue weighted by atomic mass is 10.1. The number of hydrogen-bond donors (Lipinski definition) is 2. The Bertz CT molecular complexity index is 774. The zero-order valence-electron chi connectivity index (χ0n) is 11.0.